The van der Waals surface area contributed by atoms with Crippen molar-refractivity contribution in [2.24, 2.45) is 5.92 Å². The second-order valence-corrected chi connectivity index (χ2v) is 7.17. The predicted molar refractivity (Wildman–Crippen MR) is 115 cm³/mol. The third-order valence-corrected chi connectivity index (χ3v) is 4.30. The van der Waals surface area contributed by atoms with Gasteiger partial charge in [-0.05, 0) is 12.3 Å². The van der Waals surface area contributed by atoms with Crippen molar-refractivity contribution in [1.29, 1.82) is 0 Å². The number of hydrogen-bond acceptors (Lipinski definition) is 7. The Kier molecular flexibility index (Phi) is 25.5. The van der Waals surface area contributed by atoms with Crippen LogP contribution in [0, 0.1) is 5.92 Å². The minimum atomic E-state index is 0.0422. The first kappa shape index (κ1) is 28.7. The summed E-state index contributed by atoms with van der Waals surface area (Å²) >= 11 is 0. The molecule has 0 aromatic heterocycles. The second-order valence-electron chi connectivity index (χ2n) is 7.17. The lowest BCUT2D eigenvalue weighted by atomic mass is 10.0. The molecule has 0 bridgehead atoms. The molecular weight excluding hydrogens is 376 g/mol. The molecule has 176 valence electrons. The average molecular weight is 423 g/mol. The van der Waals surface area contributed by atoms with Gasteiger partial charge in [0.1, 0.15) is 0 Å². The van der Waals surface area contributed by atoms with Gasteiger partial charge >= 0.3 is 0 Å². The van der Waals surface area contributed by atoms with Crippen molar-refractivity contribution < 1.29 is 33.5 Å². The summed E-state index contributed by atoms with van der Waals surface area (Å²) in [6.07, 6.45) is 7.94. The average Bonchev–Trinajstić information content (AvgIpc) is 2.72. The van der Waals surface area contributed by atoms with Crippen LogP contribution in [0.15, 0.2) is 0 Å². The molecule has 0 fully saturated rings. The molecule has 1 unspecified atom stereocenters. The highest BCUT2D eigenvalue weighted by Gasteiger charge is 2.02. The Morgan fingerprint density at radius 3 is 1.41 bits per heavy atom. The Hall–Kier alpha value is -0.280. The Bertz CT molecular complexity index is 292. The molecule has 0 saturated heterocycles. The lowest BCUT2D eigenvalue weighted by Gasteiger charge is -2.12. The molecule has 7 heteroatoms. The Morgan fingerprint density at radius 1 is 0.552 bits per heavy atom. The molecule has 0 spiro atoms. The molecule has 0 heterocycles. The number of rotatable bonds is 25. The lowest BCUT2D eigenvalue weighted by Crippen LogP contribution is -2.15. The number of aliphatic hydroxyl groups is 1. The van der Waals surface area contributed by atoms with Gasteiger partial charge in [-0.1, -0.05) is 46.0 Å². The molecule has 0 aliphatic carbocycles. The topological polar surface area (TPSA) is 75.6 Å². The molecule has 0 saturated carbocycles. The molecule has 0 aromatic carbocycles. The monoisotopic (exact) mass is 422 g/mol. The lowest BCUT2D eigenvalue weighted by molar-refractivity contribution is -0.0195. The van der Waals surface area contributed by atoms with E-state index in [0.717, 1.165) is 6.61 Å². The van der Waals surface area contributed by atoms with Crippen molar-refractivity contribution in [3.63, 3.8) is 0 Å². The van der Waals surface area contributed by atoms with Crippen LogP contribution in [0.3, 0.4) is 0 Å². The summed E-state index contributed by atoms with van der Waals surface area (Å²) in [6, 6.07) is 0. The van der Waals surface area contributed by atoms with E-state index < -0.39 is 0 Å². The summed E-state index contributed by atoms with van der Waals surface area (Å²) in [5.41, 5.74) is 0. The molecule has 29 heavy (non-hydrogen) atoms. The van der Waals surface area contributed by atoms with E-state index in [2.05, 4.69) is 13.8 Å². The Morgan fingerprint density at radius 2 is 0.966 bits per heavy atom. The van der Waals surface area contributed by atoms with Gasteiger partial charge in [0.2, 0.25) is 0 Å². The van der Waals surface area contributed by atoms with Gasteiger partial charge < -0.3 is 33.5 Å². The first-order valence-electron chi connectivity index (χ1n) is 11.4. The fourth-order valence-corrected chi connectivity index (χ4v) is 2.63. The van der Waals surface area contributed by atoms with Gasteiger partial charge in [-0.25, -0.2) is 0 Å². The van der Waals surface area contributed by atoms with Crippen molar-refractivity contribution in [3.8, 4) is 0 Å². The molecule has 0 aliphatic heterocycles. The van der Waals surface area contributed by atoms with E-state index >= 15 is 0 Å². The highest BCUT2D eigenvalue weighted by atomic mass is 16.6. The van der Waals surface area contributed by atoms with Crippen LogP contribution in [-0.4, -0.2) is 91.0 Å². The zero-order chi connectivity index (χ0) is 21.3. The largest absolute Gasteiger partial charge is 0.394 e. The van der Waals surface area contributed by atoms with Gasteiger partial charge in [0.25, 0.3) is 0 Å². The van der Waals surface area contributed by atoms with Gasteiger partial charge in [-0.3, -0.25) is 0 Å². The minimum Gasteiger partial charge on any atom is -0.394 e. The maximum atomic E-state index is 8.54. The second kappa shape index (κ2) is 25.8. The van der Waals surface area contributed by atoms with Crippen LogP contribution < -0.4 is 0 Å². The van der Waals surface area contributed by atoms with Crippen molar-refractivity contribution >= 4 is 0 Å². The summed E-state index contributed by atoms with van der Waals surface area (Å²) in [7, 11) is 0. The number of unbranched alkanes of at least 4 members (excludes halogenated alkanes) is 4. The van der Waals surface area contributed by atoms with E-state index in [1.54, 1.807) is 0 Å². The van der Waals surface area contributed by atoms with Crippen LogP contribution >= 0.6 is 0 Å². The fraction of sp³-hybridized carbons (Fsp3) is 1.00. The molecule has 0 aliphatic rings. The quantitative estimate of drug-likeness (QED) is 0.227. The molecule has 1 N–H and O–H groups in total. The minimum absolute atomic E-state index is 0.0422. The summed E-state index contributed by atoms with van der Waals surface area (Å²) in [6.45, 7) is 11.3. The normalized spacial score (nSPS) is 12.5. The fourth-order valence-electron chi connectivity index (χ4n) is 2.63. The van der Waals surface area contributed by atoms with Gasteiger partial charge in [0.15, 0.2) is 0 Å². The molecule has 0 radical (unpaired) electrons. The van der Waals surface area contributed by atoms with Gasteiger partial charge in [0, 0.05) is 6.61 Å². The van der Waals surface area contributed by atoms with Crippen LogP contribution in [0.25, 0.3) is 0 Å². The van der Waals surface area contributed by atoms with Crippen LogP contribution in [0.4, 0.5) is 0 Å². The standard InChI is InChI=1S/C22H46O7/c1-3-4-5-6-7-8-22(2)21-29-20-19-28-18-17-27-16-15-26-14-13-25-12-11-24-10-9-23/h22-23H,3-21H2,1-2H3. The first-order chi connectivity index (χ1) is 14.3. The van der Waals surface area contributed by atoms with E-state index in [1.807, 2.05) is 0 Å². The van der Waals surface area contributed by atoms with E-state index in [0.29, 0.717) is 78.6 Å². The van der Waals surface area contributed by atoms with Crippen molar-refractivity contribution in [2.45, 2.75) is 52.4 Å². The van der Waals surface area contributed by atoms with Crippen LogP contribution in [0.5, 0.6) is 0 Å². The molecular formula is C22H46O7. The maximum Gasteiger partial charge on any atom is 0.0701 e. The van der Waals surface area contributed by atoms with Crippen molar-refractivity contribution in [3.05, 3.63) is 0 Å². The van der Waals surface area contributed by atoms with E-state index in [1.165, 1.54) is 38.5 Å². The van der Waals surface area contributed by atoms with E-state index in [-0.39, 0.29) is 6.61 Å². The number of hydrogen-bond donors (Lipinski definition) is 1. The number of ether oxygens (including phenoxy) is 6. The molecule has 7 nitrogen and oxygen atoms in total. The van der Waals surface area contributed by atoms with E-state index in [4.69, 9.17) is 33.5 Å². The Balaban J connectivity index is 3.08. The van der Waals surface area contributed by atoms with Gasteiger partial charge in [-0.2, -0.15) is 0 Å². The summed E-state index contributed by atoms with van der Waals surface area (Å²) in [5, 5.41) is 8.54. The molecule has 1 atom stereocenters. The zero-order valence-corrected chi connectivity index (χ0v) is 18.9. The molecule has 0 amide bonds. The van der Waals surface area contributed by atoms with Crippen LogP contribution in [0.1, 0.15) is 52.4 Å². The molecule has 0 aromatic rings. The smallest absolute Gasteiger partial charge is 0.0701 e. The van der Waals surface area contributed by atoms with E-state index in [9.17, 15) is 0 Å². The third kappa shape index (κ3) is 25.7. The first-order valence-corrected chi connectivity index (χ1v) is 11.4. The van der Waals surface area contributed by atoms with Crippen molar-refractivity contribution in [2.75, 3.05) is 85.9 Å². The maximum absolute atomic E-state index is 8.54. The van der Waals surface area contributed by atoms with Gasteiger partial charge in [0.05, 0.1) is 79.3 Å². The highest BCUT2D eigenvalue weighted by molar-refractivity contribution is 4.52. The SMILES string of the molecule is CCCCCCCC(C)COCCOCCOCCOCCOCCOCCO. The zero-order valence-electron chi connectivity index (χ0n) is 18.9. The highest BCUT2D eigenvalue weighted by Crippen LogP contribution is 2.11. The Labute approximate surface area is 178 Å². The summed E-state index contributed by atoms with van der Waals surface area (Å²) in [4.78, 5) is 0. The van der Waals surface area contributed by atoms with Crippen LogP contribution in [0.2, 0.25) is 0 Å². The summed E-state index contributed by atoms with van der Waals surface area (Å²) in [5.74, 6) is 0.630. The molecule has 0 rings (SSSR count). The number of aliphatic hydroxyl groups excluding tert-OH is 1. The van der Waals surface area contributed by atoms with Crippen LogP contribution in [-0.2, 0) is 28.4 Å². The third-order valence-electron chi connectivity index (χ3n) is 4.30. The summed E-state index contributed by atoms with van der Waals surface area (Å²) < 4.78 is 32.4. The van der Waals surface area contributed by atoms with Gasteiger partial charge in [-0.15, -0.1) is 0 Å². The predicted octanol–water partition coefficient (Wildman–Crippen LogP) is 3.07. The van der Waals surface area contributed by atoms with Crippen molar-refractivity contribution in [1.82, 2.24) is 0 Å².